The normalized spacial score (nSPS) is 14.0. The SMILES string of the molecule is Cc1cc2c3c(c1)N(c1c(C)cc(C(C)(C)C)cc1C)c1c(ccc4c1OCCO4)B3c1ccc(-c3cc4ccccc4s3)cc1N2c1cccc(-c2cc3ccccc3s2)c1. The molecule has 0 saturated heterocycles. The minimum Gasteiger partial charge on any atom is -0.486 e. The molecule has 0 radical (unpaired) electrons. The summed E-state index contributed by atoms with van der Waals surface area (Å²) in [4.78, 5) is 7.60. The fourth-order valence-corrected chi connectivity index (χ4v) is 12.3. The zero-order chi connectivity index (χ0) is 42.0. The van der Waals surface area contributed by atoms with Gasteiger partial charge in [0.05, 0.1) is 11.4 Å². The number of aryl methyl sites for hydroxylation is 3. The summed E-state index contributed by atoms with van der Waals surface area (Å²) in [6, 6.07) is 52.5. The summed E-state index contributed by atoms with van der Waals surface area (Å²) < 4.78 is 15.7. The molecule has 2 aromatic heterocycles. The van der Waals surface area contributed by atoms with Crippen LogP contribution in [0.4, 0.5) is 34.1 Å². The van der Waals surface area contributed by atoms with Crippen molar-refractivity contribution in [1.29, 1.82) is 0 Å². The van der Waals surface area contributed by atoms with E-state index in [1.54, 1.807) is 0 Å². The Morgan fingerprint density at radius 2 is 1.18 bits per heavy atom. The number of anilines is 6. The molecule has 0 unspecified atom stereocenters. The van der Waals surface area contributed by atoms with E-state index in [0.29, 0.717) is 13.2 Å². The van der Waals surface area contributed by atoms with Crippen molar-refractivity contribution in [2.45, 2.75) is 47.0 Å². The molecule has 0 amide bonds. The third-order valence-corrected chi connectivity index (χ3v) is 15.3. The summed E-state index contributed by atoms with van der Waals surface area (Å²) in [7, 11) is 0. The number of fused-ring (bicyclic) bond motifs is 8. The number of ether oxygens (including phenoxy) is 2. The summed E-state index contributed by atoms with van der Waals surface area (Å²) >= 11 is 3.72. The van der Waals surface area contributed by atoms with Gasteiger partial charge in [0.15, 0.2) is 11.5 Å². The average Bonchev–Trinajstić information content (AvgIpc) is 3.91. The van der Waals surface area contributed by atoms with Gasteiger partial charge in [-0.05, 0) is 147 Å². The van der Waals surface area contributed by atoms with Crippen molar-refractivity contribution >= 4 is 100 Å². The highest BCUT2D eigenvalue weighted by Crippen LogP contribution is 2.52. The molecule has 7 aromatic carbocycles. The van der Waals surface area contributed by atoms with Gasteiger partial charge in [-0.3, -0.25) is 0 Å². The molecule has 4 nitrogen and oxygen atoms in total. The van der Waals surface area contributed by atoms with Crippen LogP contribution in [0.25, 0.3) is 41.1 Å². The third-order valence-electron chi connectivity index (χ3n) is 13.0. The molecule has 302 valence electrons. The Hall–Kier alpha value is -6.28. The Morgan fingerprint density at radius 3 is 1.85 bits per heavy atom. The smallest absolute Gasteiger partial charge is 0.252 e. The van der Waals surface area contributed by atoms with Gasteiger partial charge in [0.25, 0.3) is 6.71 Å². The number of nitrogens with zero attached hydrogens (tertiary/aromatic N) is 2. The first kappa shape index (κ1) is 37.5. The molecule has 62 heavy (non-hydrogen) atoms. The van der Waals surface area contributed by atoms with Gasteiger partial charge >= 0.3 is 0 Å². The van der Waals surface area contributed by atoms with Crippen LogP contribution < -0.4 is 35.7 Å². The van der Waals surface area contributed by atoms with Crippen molar-refractivity contribution in [3.05, 3.63) is 162 Å². The highest BCUT2D eigenvalue weighted by molar-refractivity contribution is 7.22. The van der Waals surface area contributed by atoms with Gasteiger partial charge in [0.2, 0.25) is 0 Å². The maximum absolute atomic E-state index is 6.70. The molecule has 3 aliphatic heterocycles. The molecule has 7 heteroatoms. The monoisotopic (exact) mass is 840 g/mol. The standard InChI is InChI=1S/C55H45BN2O2S2/c1-32-24-44-51-45(25-32)58(52-33(2)26-39(27-34(52)3)55(4,5)6)53-42(20-21-46-54(53)60-23-22-59-46)56(51)41-19-18-38(50-31-37-13-8-10-17-48(37)62-50)29-43(41)57(44)40-15-11-14-35(28-40)49-30-36-12-7-9-16-47(36)61-49/h7-21,24-31H,22-23H2,1-6H3. The number of hydrogen-bond acceptors (Lipinski definition) is 6. The second-order valence-electron chi connectivity index (χ2n) is 18.2. The number of rotatable bonds is 4. The van der Waals surface area contributed by atoms with E-state index >= 15 is 0 Å². The number of benzene rings is 7. The average molecular weight is 841 g/mol. The van der Waals surface area contributed by atoms with Crippen molar-refractivity contribution in [1.82, 2.24) is 0 Å². The Labute approximate surface area is 371 Å². The lowest BCUT2D eigenvalue weighted by molar-refractivity contribution is 0.172. The van der Waals surface area contributed by atoms with Crippen LogP contribution in [0.1, 0.15) is 43.0 Å². The molecule has 0 bridgehead atoms. The topological polar surface area (TPSA) is 24.9 Å². The molecule has 12 rings (SSSR count). The van der Waals surface area contributed by atoms with Crippen molar-refractivity contribution in [2.24, 2.45) is 0 Å². The molecule has 0 saturated carbocycles. The maximum atomic E-state index is 6.70. The van der Waals surface area contributed by atoms with Crippen LogP contribution in [-0.4, -0.2) is 19.9 Å². The molecule has 0 atom stereocenters. The Morgan fingerprint density at radius 1 is 0.548 bits per heavy atom. The van der Waals surface area contributed by atoms with Crippen LogP contribution in [0.2, 0.25) is 0 Å². The van der Waals surface area contributed by atoms with E-state index in [2.05, 4.69) is 191 Å². The molecule has 5 heterocycles. The second-order valence-corrected chi connectivity index (χ2v) is 20.3. The summed E-state index contributed by atoms with van der Waals surface area (Å²) in [6.45, 7) is 14.7. The van der Waals surface area contributed by atoms with Crippen LogP contribution in [0, 0.1) is 20.8 Å². The van der Waals surface area contributed by atoms with Gasteiger partial charge in [-0.15, -0.1) is 22.7 Å². The fourth-order valence-electron chi connectivity index (χ4n) is 10.2. The van der Waals surface area contributed by atoms with E-state index in [-0.39, 0.29) is 12.1 Å². The molecule has 0 aliphatic carbocycles. The van der Waals surface area contributed by atoms with E-state index < -0.39 is 0 Å². The zero-order valence-corrected chi connectivity index (χ0v) is 37.4. The quantitative estimate of drug-likeness (QED) is 0.165. The van der Waals surface area contributed by atoms with Gasteiger partial charge in [-0.25, -0.2) is 0 Å². The van der Waals surface area contributed by atoms with E-state index in [1.165, 1.54) is 102 Å². The maximum Gasteiger partial charge on any atom is 0.252 e. The third kappa shape index (κ3) is 5.78. The zero-order valence-electron chi connectivity index (χ0n) is 35.8. The van der Waals surface area contributed by atoms with E-state index in [4.69, 9.17) is 9.47 Å². The minimum atomic E-state index is -0.0503. The highest BCUT2D eigenvalue weighted by Gasteiger charge is 2.46. The lowest BCUT2D eigenvalue weighted by atomic mass is 9.33. The van der Waals surface area contributed by atoms with Crippen LogP contribution in [-0.2, 0) is 5.41 Å². The predicted octanol–water partition coefficient (Wildman–Crippen LogP) is 13.5. The first-order chi connectivity index (χ1) is 30.1. The first-order valence-electron chi connectivity index (χ1n) is 21.6. The van der Waals surface area contributed by atoms with Crippen LogP contribution >= 0.6 is 22.7 Å². The summed E-state index contributed by atoms with van der Waals surface area (Å²) in [5.41, 5.74) is 18.2. The van der Waals surface area contributed by atoms with E-state index in [0.717, 1.165) is 22.9 Å². The molecular formula is C55H45BN2O2S2. The van der Waals surface area contributed by atoms with Crippen molar-refractivity contribution in [3.63, 3.8) is 0 Å². The molecule has 0 N–H and O–H groups in total. The van der Waals surface area contributed by atoms with Crippen molar-refractivity contribution in [3.8, 4) is 32.4 Å². The predicted molar refractivity (Wildman–Crippen MR) is 266 cm³/mol. The fraction of sp³-hybridized carbons (Fsp3) is 0.164. The lowest BCUT2D eigenvalue weighted by Crippen LogP contribution is -2.61. The van der Waals surface area contributed by atoms with E-state index in [9.17, 15) is 0 Å². The molecule has 9 aromatic rings. The number of hydrogen-bond donors (Lipinski definition) is 0. The van der Waals surface area contributed by atoms with Gasteiger partial charge in [-0.2, -0.15) is 0 Å². The summed E-state index contributed by atoms with van der Waals surface area (Å²) in [6.07, 6.45) is 0. The van der Waals surface area contributed by atoms with Gasteiger partial charge in [0, 0.05) is 41.9 Å². The van der Waals surface area contributed by atoms with Gasteiger partial charge in [-0.1, -0.05) is 99.6 Å². The van der Waals surface area contributed by atoms with Crippen molar-refractivity contribution in [2.75, 3.05) is 23.0 Å². The molecule has 0 spiro atoms. The second kappa shape index (κ2) is 13.9. The Kier molecular flexibility index (Phi) is 8.38. The largest absolute Gasteiger partial charge is 0.486 e. The van der Waals surface area contributed by atoms with Crippen LogP contribution in [0.3, 0.4) is 0 Å². The summed E-state index contributed by atoms with van der Waals surface area (Å²) in [5, 5.41) is 2.55. The van der Waals surface area contributed by atoms with Crippen LogP contribution in [0.15, 0.2) is 140 Å². The molecule has 3 aliphatic rings. The first-order valence-corrected chi connectivity index (χ1v) is 23.2. The van der Waals surface area contributed by atoms with Gasteiger partial charge < -0.3 is 19.3 Å². The van der Waals surface area contributed by atoms with E-state index in [1.807, 2.05) is 22.7 Å². The summed E-state index contributed by atoms with van der Waals surface area (Å²) in [5.74, 6) is 1.62. The Bertz CT molecular complexity index is 3230. The van der Waals surface area contributed by atoms with Crippen molar-refractivity contribution < 1.29 is 9.47 Å². The number of thiophene rings is 2. The van der Waals surface area contributed by atoms with Crippen LogP contribution in [0.5, 0.6) is 11.5 Å². The highest BCUT2D eigenvalue weighted by atomic mass is 32.1. The molecular weight excluding hydrogens is 796 g/mol. The van der Waals surface area contributed by atoms with Gasteiger partial charge in [0.1, 0.15) is 13.2 Å². The molecule has 0 fully saturated rings. The minimum absolute atomic E-state index is 0.0147. The Balaban J connectivity index is 1.14. The lowest BCUT2D eigenvalue weighted by Gasteiger charge is -2.46.